The first kappa shape index (κ1) is 16.8. The predicted molar refractivity (Wildman–Crippen MR) is 86.9 cm³/mol. The molecule has 1 aromatic carbocycles. The zero-order valence-electron chi connectivity index (χ0n) is 13.0. The van der Waals surface area contributed by atoms with Crippen LogP contribution in [0.4, 0.5) is 0 Å². The van der Waals surface area contributed by atoms with Gasteiger partial charge in [0.1, 0.15) is 0 Å². The Morgan fingerprint density at radius 1 is 1.38 bits per heavy atom. The largest absolute Gasteiger partial charge is 0.376 e. The lowest BCUT2D eigenvalue weighted by Gasteiger charge is -2.26. The van der Waals surface area contributed by atoms with E-state index < -0.39 is 0 Å². The summed E-state index contributed by atoms with van der Waals surface area (Å²) in [6, 6.07) is 8.35. The molecule has 0 amide bonds. The van der Waals surface area contributed by atoms with E-state index in [1.54, 1.807) is 0 Å². The van der Waals surface area contributed by atoms with Crippen molar-refractivity contribution in [2.24, 2.45) is 0 Å². The molecule has 0 bridgehead atoms. The molecule has 0 saturated carbocycles. The third kappa shape index (κ3) is 5.95. The molecule has 1 aliphatic rings. The Labute approximate surface area is 133 Å². The molecule has 0 radical (unpaired) electrons. The Morgan fingerprint density at radius 3 is 2.90 bits per heavy atom. The van der Waals surface area contributed by atoms with E-state index in [-0.39, 0.29) is 12.2 Å². The molecule has 0 aliphatic carbocycles. The molecule has 2 rings (SSSR count). The molecule has 0 aromatic heterocycles. The molecule has 2 atom stereocenters. The number of halogens is 1. The Balaban J connectivity index is 1.94. The average molecular weight is 312 g/mol. The van der Waals surface area contributed by atoms with Crippen molar-refractivity contribution in [2.75, 3.05) is 19.8 Å². The minimum atomic E-state index is 0.0108. The predicted octanol–water partition coefficient (Wildman–Crippen LogP) is 3.96. The number of nitrogens with one attached hydrogen (secondary N) is 1. The van der Waals surface area contributed by atoms with Crippen molar-refractivity contribution in [3.05, 3.63) is 34.9 Å². The van der Waals surface area contributed by atoms with Crippen molar-refractivity contribution >= 4 is 11.6 Å². The summed E-state index contributed by atoms with van der Waals surface area (Å²) in [5.74, 6) is 0. The molecule has 1 N–H and O–H groups in total. The van der Waals surface area contributed by atoms with Crippen LogP contribution in [-0.4, -0.2) is 31.9 Å². The second kappa shape index (κ2) is 8.74. The maximum absolute atomic E-state index is 6.13. The molecular weight excluding hydrogens is 286 g/mol. The SMILES string of the molecule is CC(C)NCC(OCC1CCCCO1)c1cccc(Cl)c1. The molecular formula is C17H26ClNO2. The molecule has 1 aliphatic heterocycles. The summed E-state index contributed by atoms with van der Waals surface area (Å²) in [5, 5.41) is 4.19. The van der Waals surface area contributed by atoms with Crippen LogP contribution in [0, 0.1) is 0 Å². The second-order valence-corrected chi connectivity index (χ2v) is 6.36. The van der Waals surface area contributed by atoms with E-state index in [0.29, 0.717) is 12.6 Å². The molecule has 1 heterocycles. The van der Waals surface area contributed by atoms with Gasteiger partial charge >= 0.3 is 0 Å². The second-order valence-electron chi connectivity index (χ2n) is 5.93. The fourth-order valence-electron chi connectivity index (χ4n) is 2.48. The molecule has 1 fully saturated rings. The third-order valence-electron chi connectivity index (χ3n) is 3.69. The van der Waals surface area contributed by atoms with Gasteiger partial charge in [0, 0.05) is 24.2 Å². The van der Waals surface area contributed by atoms with Gasteiger partial charge in [-0.25, -0.2) is 0 Å². The first-order valence-electron chi connectivity index (χ1n) is 7.87. The quantitative estimate of drug-likeness (QED) is 0.826. The van der Waals surface area contributed by atoms with Crippen LogP contribution >= 0.6 is 11.6 Å². The Hall–Kier alpha value is -0.610. The summed E-state index contributed by atoms with van der Waals surface area (Å²) in [7, 11) is 0. The molecule has 1 saturated heterocycles. The Kier molecular flexibility index (Phi) is 6.97. The molecule has 0 spiro atoms. The number of benzene rings is 1. The van der Waals surface area contributed by atoms with Gasteiger partial charge in [-0.15, -0.1) is 0 Å². The number of rotatable bonds is 7. The monoisotopic (exact) mass is 311 g/mol. The van der Waals surface area contributed by atoms with Crippen LogP contribution in [0.15, 0.2) is 24.3 Å². The van der Waals surface area contributed by atoms with Gasteiger partial charge in [-0.05, 0) is 37.0 Å². The minimum absolute atomic E-state index is 0.0108. The third-order valence-corrected chi connectivity index (χ3v) is 3.92. The van der Waals surface area contributed by atoms with Crippen LogP contribution in [0.25, 0.3) is 0 Å². The standard InChI is InChI=1S/C17H26ClNO2/c1-13(2)19-11-17(14-6-5-7-15(18)10-14)21-12-16-8-3-4-9-20-16/h5-7,10,13,16-17,19H,3-4,8-9,11-12H2,1-2H3. The van der Waals surface area contributed by atoms with E-state index >= 15 is 0 Å². The van der Waals surface area contributed by atoms with Gasteiger partial charge < -0.3 is 14.8 Å². The molecule has 1 aromatic rings. The molecule has 3 nitrogen and oxygen atoms in total. The highest BCUT2D eigenvalue weighted by molar-refractivity contribution is 6.30. The Morgan fingerprint density at radius 2 is 2.24 bits per heavy atom. The van der Waals surface area contributed by atoms with E-state index in [1.807, 2.05) is 18.2 Å². The van der Waals surface area contributed by atoms with Crippen molar-refractivity contribution < 1.29 is 9.47 Å². The van der Waals surface area contributed by atoms with E-state index in [2.05, 4.69) is 25.2 Å². The zero-order chi connectivity index (χ0) is 15.1. The number of hydrogen-bond donors (Lipinski definition) is 1. The first-order valence-corrected chi connectivity index (χ1v) is 8.25. The lowest BCUT2D eigenvalue weighted by molar-refractivity contribution is -0.0636. The van der Waals surface area contributed by atoms with Crippen molar-refractivity contribution in [1.29, 1.82) is 0 Å². The maximum Gasteiger partial charge on any atom is 0.0951 e. The molecule has 2 unspecified atom stereocenters. The highest BCUT2D eigenvalue weighted by Crippen LogP contribution is 2.22. The molecule has 21 heavy (non-hydrogen) atoms. The van der Waals surface area contributed by atoms with Gasteiger partial charge in [0.25, 0.3) is 0 Å². The van der Waals surface area contributed by atoms with Gasteiger partial charge in [-0.1, -0.05) is 37.6 Å². The summed E-state index contributed by atoms with van der Waals surface area (Å²) in [6.07, 6.45) is 3.75. The number of hydrogen-bond acceptors (Lipinski definition) is 3. The van der Waals surface area contributed by atoms with Gasteiger partial charge in [0.2, 0.25) is 0 Å². The van der Waals surface area contributed by atoms with E-state index in [9.17, 15) is 0 Å². The normalized spacial score (nSPS) is 20.7. The zero-order valence-corrected chi connectivity index (χ0v) is 13.7. The fraction of sp³-hybridized carbons (Fsp3) is 0.647. The average Bonchev–Trinajstić information content (AvgIpc) is 2.48. The molecule has 118 valence electrons. The first-order chi connectivity index (χ1) is 10.1. The van der Waals surface area contributed by atoms with E-state index in [4.69, 9.17) is 21.1 Å². The summed E-state index contributed by atoms with van der Waals surface area (Å²) < 4.78 is 11.9. The van der Waals surface area contributed by atoms with Crippen molar-refractivity contribution in [3.8, 4) is 0 Å². The van der Waals surface area contributed by atoms with Gasteiger partial charge in [0.15, 0.2) is 0 Å². The van der Waals surface area contributed by atoms with Crippen LogP contribution in [0.3, 0.4) is 0 Å². The van der Waals surface area contributed by atoms with Crippen LogP contribution in [0.5, 0.6) is 0 Å². The Bertz CT molecular complexity index is 419. The van der Waals surface area contributed by atoms with Crippen LogP contribution < -0.4 is 5.32 Å². The van der Waals surface area contributed by atoms with Gasteiger partial charge in [0.05, 0.1) is 18.8 Å². The van der Waals surface area contributed by atoms with E-state index in [0.717, 1.165) is 30.2 Å². The van der Waals surface area contributed by atoms with Crippen molar-refractivity contribution in [3.63, 3.8) is 0 Å². The summed E-state index contributed by atoms with van der Waals surface area (Å²) in [6.45, 7) is 6.57. The fourth-order valence-corrected chi connectivity index (χ4v) is 2.68. The van der Waals surface area contributed by atoms with Crippen molar-refractivity contribution in [1.82, 2.24) is 5.32 Å². The van der Waals surface area contributed by atoms with Crippen molar-refractivity contribution in [2.45, 2.75) is 51.4 Å². The summed E-state index contributed by atoms with van der Waals surface area (Å²) in [5.41, 5.74) is 1.12. The lowest BCUT2D eigenvalue weighted by Crippen LogP contribution is -2.32. The van der Waals surface area contributed by atoms with Crippen LogP contribution in [0.2, 0.25) is 5.02 Å². The highest BCUT2D eigenvalue weighted by Gasteiger charge is 2.18. The summed E-state index contributed by atoms with van der Waals surface area (Å²) >= 11 is 6.10. The number of ether oxygens (including phenoxy) is 2. The maximum atomic E-state index is 6.13. The van der Waals surface area contributed by atoms with Crippen LogP contribution in [-0.2, 0) is 9.47 Å². The molecule has 4 heteroatoms. The lowest BCUT2D eigenvalue weighted by atomic mass is 10.1. The minimum Gasteiger partial charge on any atom is -0.376 e. The van der Waals surface area contributed by atoms with E-state index in [1.165, 1.54) is 12.8 Å². The van der Waals surface area contributed by atoms with Crippen LogP contribution in [0.1, 0.15) is 44.8 Å². The summed E-state index contributed by atoms with van der Waals surface area (Å²) in [4.78, 5) is 0. The van der Waals surface area contributed by atoms with Gasteiger partial charge in [-0.3, -0.25) is 0 Å². The highest BCUT2D eigenvalue weighted by atomic mass is 35.5. The smallest absolute Gasteiger partial charge is 0.0951 e. The van der Waals surface area contributed by atoms with Gasteiger partial charge in [-0.2, -0.15) is 0 Å². The topological polar surface area (TPSA) is 30.5 Å².